The highest BCUT2D eigenvalue weighted by Gasteiger charge is 2.04. The number of rotatable bonds is 7. The van der Waals surface area contributed by atoms with E-state index in [2.05, 4.69) is 31.3 Å². The number of aliphatic hydroxyl groups is 1. The lowest BCUT2D eigenvalue weighted by Gasteiger charge is -2.13. The lowest BCUT2D eigenvalue weighted by Crippen LogP contribution is -2.31. The zero-order chi connectivity index (χ0) is 12.7. The number of likely N-dealkylation sites (N-methyl/N-ethyl adjacent to an activating group) is 1. The third-order valence-electron chi connectivity index (χ3n) is 2.62. The molecular formula is C14H23NO2. The van der Waals surface area contributed by atoms with Gasteiger partial charge in [0.15, 0.2) is 0 Å². The zero-order valence-corrected chi connectivity index (χ0v) is 10.9. The fraction of sp³-hybridized carbons (Fsp3) is 0.571. The van der Waals surface area contributed by atoms with Crippen molar-refractivity contribution in [2.24, 2.45) is 0 Å². The SMILES string of the molecule is CCNCC(O)COc1ccc(C(C)C)cc1. The van der Waals surface area contributed by atoms with E-state index in [-0.39, 0.29) is 0 Å². The highest BCUT2D eigenvalue weighted by molar-refractivity contribution is 5.28. The Kier molecular flexibility index (Phi) is 6.01. The molecule has 0 aliphatic heterocycles. The summed E-state index contributed by atoms with van der Waals surface area (Å²) in [7, 11) is 0. The van der Waals surface area contributed by atoms with Gasteiger partial charge < -0.3 is 15.2 Å². The van der Waals surface area contributed by atoms with Gasteiger partial charge >= 0.3 is 0 Å². The predicted molar refractivity (Wildman–Crippen MR) is 70.6 cm³/mol. The summed E-state index contributed by atoms with van der Waals surface area (Å²) in [6.45, 7) is 8.10. The quantitative estimate of drug-likeness (QED) is 0.763. The maximum Gasteiger partial charge on any atom is 0.119 e. The minimum absolute atomic E-state index is 0.327. The van der Waals surface area contributed by atoms with Crippen molar-refractivity contribution in [2.45, 2.75) is 32.8 Å². The summed E-state index contributed by atoms with van der Waals surface area (Å²) in [5.74, 6) is 1.34. The van der Waals surface area contributed by atoms with Crippen LogP contribution in [0.4, 0.5) is 0 Å². The Morgan fingerprint density at radius 1 is 1.24 bits per heavy atom. The molecule has 0 saturated carbocycles. The van der Waals surface area contributed by atoms with Crippen molar-refractivity contribution in [1.29, 1.82) is 0 Å². The molecule has 0 aliphatic carbocycles. The second kappa shape index (κ2) is 7.30. The number of ether oxygens (including phenoxy) is 1. The van der Waals surface area contributed by atoms with Crippen molar-refractivity contribution >= 4 is 0 Å². The number of benzene rings is 1. The van der Waals surface area contributed by atoms with Gasteiger partial charge in [0.05, 0.1) is 0 Å². The van der Waals surface area contributed by atoms with Crippen LogP contribution in [0, 0.1) is 0 Å². The van der Waals surface area contributed by atoms with E-state index < -0.39 is 6.10 Å². The average Bonchev–Trinajstić information content (AvgIpc) is 2.34. The molecule has 0 fully saturated rings. The molecule has 0 amide bonds. The van der Waals surface area contributed by atoms with Crippen LogP contribution in [0.3, 0.4) is 0 Å². The molecule has 0 aliphatic rings. The van der Waals surface area contributed by atoms with E-state index in [1.807, 2.05) is 19.1 Å². The van der Waals surface area contributed by atoms with Crippen molar-refractivity contribution < 1.29 is 9.84 Å². The van der Waals surface area contributed by atoms with E-state index in [0.717, 1.165) is 12.3 Å². The molecule has 0 aromatic heterocycles. The topological polar surface area (TPSA) is 41.5 Å². The molecular weight excluding hydrogens is 214 g/mol. The van der Waals surface area contributed by atoms with E-state index in [9.17, 15) is 5.11 Å². The molecule has 96 valence electrons. The molecule has 17 heavy (non-hydrogen) atoms. The minimum atomic E-state index is -0.459. The molecule has 0 bridgehead atoms. The number of hydrogen-bond acceptors (Lipinski definition) is 3. The Balaban J connectivity index is 2.36. The highest BCUT2D eigenvalue weighted by Crippen LogP contribution is 2.18. The second-order valence-electron chi connectivity index (χ2n) is 4.50. The van der Waals surface area contributed by atoms with E-state index >= 15 is 0 Å². The number of nitrogens with one attached hydrogen (secondary N) is 1. The van der Waals surface area contributed by atoms with Crippen LogP contribution >= 0.6 is 0 Å². The first-order chi connectivity index (χ1) is 8.13. The average molecular weight is 237 g/mol. The fourth-order valence-electron chi connectivity index (χ4n) is 1.51. The van der Waals surface area contributed by atoms with Gasteiger partial charge in [-0.3, -0.25) is 0 Å². The molecule has 1 rings (SSSR count). The van der Waals surface area contributed by atoms with Gasteiger partial charge in [0.2, 0.25) is 0 Å². The minimum Gasteiger partial charge on any atom is -0.491 e. The summed E-state index contributed by atoms with van der Waals surface area (Å²) in [6, 6.07) is 8.04. The summed E-state index contributed by atoms with van der Waals surface area (Å²) in [5.41, 5.74) is 1.30. The third-order valence-corrected chi connectivity index (χ3v) is 2.62. The van der Waals surface area contributed by atoms with Gasteiger partial charge in [-0.05, 0) is 30.2 Å². The van der Waals surface area contributed by atoms with Crippen molar-refractivity contribution in [1.82, 2.24) is 5.32 Å². The van der Waals surface area contributed by atoms with Gasteiger partial charge in [-0.1, -0.05) is 32.9 Å². The van der Waals surface area contributed by atoms with Crippen LogP contribution in [-0.4, -0.2) is 30.9 Å². The van der Waals surface area contributed by atoms with Crippen molar-refractivity contribution in [3.8, 4) is 5.75 Å². The first-order valence-corrected chi connectivity index (χ1v) is 6.25. The van der Waals surface area contributed by atoms with E-state index in [4.69, 9.17) is 4.74 Å². The van der Waals surface area contributed by atoms with Crippen molar-refractivity contribution in [3.05, 3.63) is 29.8 Å². The van der Waals surface area contributed by atoms with Crippen LogP contribution in [0.15, 0.2) is 24.3 Å². The van der Waals surface area contributed by atoms with Crippen LogP contribution in [-0.2, 0) is 0 Å². The monoisotopic (exact) mass is 237 g/mol. The number of hydrogen-bond donors (Lipinski definition) is 2. The molecule has 1 atom stereocenters. The Morgan fingerprint density at radius 3 is 2.41 bits per heavy atom. The summed E-state index contributed by atoms with van der Waals surface area (Å²) in [5, 5.41) is 12.7. The molecule has 0 saturated heterocycles. The standard InChI is InChI=1S/C14H23NO2/c1-4-15-9-13(16)10-17-14-7-5-12(6-8-14)11(2)3/h5-8,11,13,15-16H,4,9-10H2,1-3H3. The summed E-state index contributed by atoms with van der Waals surface area (Å²) in [4.78, 5) is 0. The summed E-state index contributed by atoms with van der Waals surface area (Å²) >= 11 is 0. The van der Waals surface area contributed by atoms with Gasteiger partial charge in [0.1, 0.15) is 18.5 Å². The highest BCUT2D eigenvalue weighted by atomic mass is 16.5. The van der Waals surface area contributed by atoms with Crippen LogP contribution in [0.5, 0.6) is 5.75 Å². The molecule has 0 heterocycles. The van der Waals surface area contributed by atoms with Crippen LogP contribution < -0.4 is 10.1 Å². The van der Waals surface area contributed by atoms with E-state index in [1.54, 1.807) is 0 Å². The fourth-order valence-corrected chi connectivity index (χ4v) is 1.51. The van der Waals surface area contributed by atoms with E-state index in [1.165, 1.54) is 5.56 Å². The summed E-state index contributed by atoms with van der Waals surface area (Å²) < 4.78 is 5.51. The van der Waals surface area contributed by atoms with Crippen LogP contribution in [0.2, 0.25) is 0 Å². The van der Waals surface area contributed by atoms with Crippen LogP contribution in [0.25, 0.3) is 0 Å². The van der Waals surface area contributed by atoms with E-state index in [0.29, 0.717) is 19.1 Å². The molecule has 2 N–H and O–H groups in total. The Labute approximate surface area is 104 Å². The Bertz CT molecular complexity index is 309. The van der Waals surface area contributed by atoms with Gasteiger partial charge in [0.25, 0.3) is 0 Å². The van der Waals surface area contributed by atoms with Gasteiger partial charge in [-0.15, -0.1) is 0 Å². The first-order valence-electron chi connectivity index (χ1n) is 6.25. The third kappa shape index (κ3) is 5.20. The van der Waals surface area contributed by atoms with Crippen LogP contribution in [0.1, 0.15) is 32.3 Å². The molecule has 3 heteroatoms. The molecule has 0 spiro atoms. The maximum absolute atomic E-state index is 9.60. The largest absolute Gasteiger partial charge is 0.491 e. The molecule has 1 unspecified atom stereocenters. The molecule has 1 aromatic carbocycles. The van der Waals surface area contributed by atoms with Crippen molar-refractivity contribution in [3.63, 3.8) is 0 Å². The molecule has 1 aromatic rings. The second-order valence-corrected chi connectivity index (χ2v) is 4.50. The van der Waals surface area contributed by atoms with Gasteiger partial charge in [-0.25, -0.2) is 0 Å². The summed E-state index contributed by atoms with van der Waals surface area (Å²) in [6.07, 6.45) is -0.459. The number of aliphatic hydroxyl groups excluding tert-OH is 1. The first kappa shape index (κ1) is 14.0. The smallest absolute Gasteiger partial charge is 0.119 e. The van der Waals surface area contributed by atoms with Crippen molar-refractivity contribution in [2.75, 3.05) is 19.7 Å². The Morgan fingerprint density at radius 2 is 1.88 bits per heavy atom. The predicted octanol–water partition coefficient (Wildman–Crippen LogP) is 2.16. The molecule has 3 nitrogen and oxygen atoms in total. The zero-order valence-electron chi connectivity index (χ0n) is 10.9. The molecule has 0 radical (unpaired) electrons. The van der Waals surface area contributed by atoms with Gasteiger partial charge in [-0.2, -0.15) is 0 Å². The van der Waals surface area contributed by atoms with Gasteiger partial charge in [0, 0.05) is 6.54 Å². The lowest BCUT2D eigenvalue weighted by atomic mass is 10.0. The normalized spacial score (nSPS) is 12.8. The lowest BCUT2D eigenvalue weighted by molar-refractivity contribution is 0.107. The Hall–Kier alpha value is -1.06. The maximum atomic E-state index is 9.60.